The minimum Gasteiger partial charge on any atom is -0.238 e. The van der Waals surface area contributed by atoms with E-state index in [2.05, 4.69) is 140 Å². The highest BCUT2D eigenvalue weighted by molar-refractivity contribution is 8.06. The molecule has 0 spiro atoms. The van der Waals surface area contributed by atoms with Crippen molar-refractivity contribution in [1.29, 1.82) is 0 Å². The molecule has 2 nitrogen and oxygen atoms in total. The van der Waals surface area contributed by atoms with Crippen LogP contribution in [0.1, 0.15) is 11.6 Å². The largest absolute Gasteiger partial charge is 0.238 e. The predicted molar refractivity (Wildman–Crippen MR) is 164 cm³/mol. The zero-order valence-electron chi connectivity index (χ0n) is 19.0. The molecule has 1 fully saturated rings. The number of rotatable bonds is 6. The molecule has 0 bridgehead atoms. The van der Waals surface area contributed by atoms with Crippen LogP contribution in [0.4, 0.5) is 5.69 Å². The smallest absolute Gasteiger partial charge is 0.190 e. The van der Waals surface area contributed by atoms with Gasteiger partial charge in [0.05, 0.1) is 11.0 Å². The molecular weight excluding hydrogens is 462 g/mol. The topological polar surface area (TPSA) is 12.5 Å². The van der Waals surface area contributed by atoms with Gasteiger partial charge in [-0.3, -0.25) is 0 Å². The molecule has 0 aliphatic carbocycles. The van der Waals surface area contributed by atoms with E-state index in [-0.39, 0.29) is 27.0 Å². The first-order valence-corrected chi connectivity index (χ1v) is 15.1. The standard InChI is InChI=1S/C29H35B2NOP2/c1-34(30,25-19-11-5-12-20-25)28-27(23-15-7-3-8-16-23)32(24-17-9-4-10-18-24)33-29(28)35(2,31)26-21-13-6-14-22-26/h3-22,27-29H,1-2,30-31H3/t27-,28-,29+,34?,35?/m1/s1. The summed E-state index contributed by atoms with van der Waals surface area (Å²) in [6.45, 7) is 5.25. The molecule has 0 N–H and O–H groups in total. The van der Waals surface area contributed by atoms with Crippen LogP contribution in [0.3, 0.4) is 0 Å². The average molecular weight is 497 g/mol. The van der Waals surface area contributed by atoms with E-state index in [9.17, 15) is 0 Å². The maximum absolute atomic E-state index is 7.27. The minimum atomic E-state index is -1.38. The Morgan fingerprint density at radius 3 is 1.54 bits per heavy atom. The number of para-hydroxylation sites is 1. The van der Waals surface area contributed by atoms with Crippen molar-refractivity contribution in [2.24, 2.45) is 0 Å². The summed E-state index contributed by atoms with van der Waals surface area (Å²) in [5.41, 5.74) is 3.08. The lowest BCUT2D eigenvalue weighted by molar-refractivity contribution is 0.135. The second-order valence-corrected chi connectivity index (χ2v) is 13.0. The van der Waals surface area contributed by atoms with Crippen LogP contribution in [0.5, 0.6) is 0 Å². The van der Waals surface area contributed by atoms with Crippen LogP contribution in [0, 0.1) is 0 Å². The van der Waals surface area contributed by atoms with E-state index >= 15 is 0 Å². The van der Waals surface area contributed by atoms with Crippen molar-refractivity contribution in [2.45, 2.75) is 17.5 Å². The molecule has 4 aromatic carbocycles. The Bertz CT molecular complexity index is 1240. The highest BCUT2D eigenvalue weighted by Gasteiger charge is 2.59. The van der Waals surface area contributed by atoms with E-state index in [0.29, 0.717) is 5.66 Å². The van der Waals surface area contributed by atoms with Crippen molar-refractivity contribution in [1.82, 2.24) is 0 Å². The molecule has 5 rings (SSSR count). The van der Waals surface area contributed by atoms with Crippen molar-refractivity contribution in [3.63, 3.8) is 0 Å². The molecule has 35 heavy (non-hydrogen) atoms. The lowest BCUT2D eigenvalue weighted by Crippen LogP contribution is -2.37. The van der Waals surface area contributed by atoms with Gasteiger partial charge in [0.15, 0.2) is 5.85 Å². The fourth-order valence-electron chi connectivity index (χ4n) is 4.67. The predicted octanol–water partition coefficient (Wildman–Crippen LogP) is 4.38. The Balaban J connectivity index is 1.72. The van der Waals surface area contributed by atoms with Gasteiger partial charge in [-0.05, 0) is 42.0 Å². The van der Waals surface area contributed by atoms with E-state index in [4.69, 9.17) is 4.84 Å². The third-order valence-corrected chi connectivity index (χ3v) is 11.5. The van der Waals surface area contributed by atoms with Crippen molar-refractivity contribution in [3.8, 4) is 0 Å². The number of anilines is 1. The van der Waals surface area contributed by atoms with Crippen LogP contribution in [-0.4, -0.2) is 40.0 Å². The second kappa shape index (κ2) is 9.94. The van der Waals surface area contributed by atoms with Crippen molar-refractivity contribution < 1.29 is 4.84 Å². The van der Waals surface area contributed by atoms with Crippen LogP contribution in [0.25, 0.3) is 0 Å². The lowest BCUT2D eigenvalue weighted by atomic mass is 10.0. The zero-order valence-corrected chi connectivity index (χ0v) is 20.8. The maximum Gasteiger partial charge on any atom is 0.190 e. The number of hydrogen-bond donors (Lipinski definition) is 0. The summed E-state index contributed by atoms with van der Waals surface area (Å²) in [5, 5.41) is 5.48. The van der Waals surface area contributed by atoms with Gasteiger partial charge in [0.1, 0.15) is 26.8 Å². The highest BCUT2D eigenvalue weighted by Crippen LogP contribution is 2.71. The molecule has 2 unspecified atom stereocenters. The van der Waals surface area contributed by atoms with Gasteiger partial charge in [0, 0.05) is 18.6 Å². The lowest BCUT2D eigenvalue weighted by Gasteiger charge is -2.41. The fourth-order valence-corrected chi connectivity index (χ4v) is 9.81. The molecule has 0 aromatic heterocycles. The van der Waals surface area contributed by atoms with Crippen molar-refractivity contribution >= 4 is 45.7 Å². The fraction of sp³-hybridized carbons (Fsp3) is 0.172. The van der Waals surface area contributed by atoms with Gasteiger partial charge in [0.25, 0.3) is 0 Å². The van der Waals surface area contributed by atoms with Gasteiger partial charge in [-0.1, -0.05) is 92.1 Å². The monoisotopic (exact) mass is 497 g/mol. The average Bonchev–Trinajstić information content (AvgIpc) is 3.33. The maximum atomic E-state index is 7.27. The van der Waals surface area contributed by atoms with Crippen LogP contribution in [-0.2, 0) is 4.84 Å². The van der Waals surface area contributed by atoms with E-state index in [1.165, 1.54) is 11.3 Å². The molecular formula is C29H35B2NOP2. The third-order valence-electron chi connectivity index (χ3n) is 6.40. The Morgan fingerprint density at radius 2 is 1.03 bits per heavy atom. The molecule has 0 radical (unpaired) electrons. The summed E-state index contributed by atoms with van der Waals surface area (Å²) >= 11 is 0. The van der Waals surface area contributed by atoms with Crippen LogP contribution in [0.15, 0.2) is 121 Å². The molecule has 6 heteroatoms. The first kappa shape index (κ1) is 24.3. The second-order valence-electron chi connectivity index (χ2n) is 8.40. The zero-order chi connectivity index (χ0) is 24.5. The van der Waals surface area contributed by atoms with E-state index in [0.717, 1.165) is 0 Å². The summed E-state index contributed by atoms with van der Waals surface area (Å²) in [5.74, 6) is 0.284. The number of benzene rings is 4. The van der Waals surface area contributed by atoms with E-state index in [1.807, 2.05) is 0 Å². The normalized spacial score (nSPS) is 23.4. The molecule has 4 aromatic rings. The summed E-state index contributed by atoms with van der Waals surface area (Å²) < 4.78 is 0. The molecule has 1 saturated heterocycles. The molecule has 0 amide bonds. The number of hydroxylamine groups is 1. The molecule has 178 valence electrons. The van der Waals surface area contributed by atoms with Crippen LogP contribution < -0.4 is 15.7 Å². The van der Waals surface area contributed by atoms with Crippen molar-refractivity contribution in [3.05, 3.63) is 127 Å². The summed E-state index contributed by atoms with van der Waals surface area (Å²) in [4.78, 5) is 7.27. The quantitative estimate of drug-likeness (QED) is 0.290. The Labute approximate surface area is 213 Å². The van der Waals surface area contributed by atoms with Gasteiger partial charge in [-0.25, -0.2) is 9.90 Å². The van der Waals surface area contributed by atoms with E-state index < -0.39 is 14.3 Å². The van der Waals surface area contributed by atoms with Gasteiger partial charge in [0.2, 0.25) is 0 Å². The molecule has 0 saturated carbocycles. The first-order chi connectivity index (χ1) is 16.9. The Hall–Kier alpha value is -2.37. The van der Waals surface area contributed by atoms with E-state index in [1.54, 1.807) is 10.6 Å². The highest BCUT2D eigenvalue weighted by atomic mass is 31.2. The Morgan fingerprint density at radius 1 is 0.600 bits per heavy atom. The van der Waals surface area contributed by atoms with Gasteiger partial charge in [-0.2, -0.15) is 0 Å². The van der Waals surface area contributed by atoms with Crippen molar-refractivity contribution in [2.75, 3.05) is 18.4 Å². The van der Waals surface area contributed by atoms with Crippen LogP contribution >= 0.6 is 14.3 Å². The van der Waals surface area contributed by atoms with Crippen LogP contribution in [0.2, 0.25) is 0 Å². The van der Waals surface area contributed by atoms with Gasteiger partial charge < -0.3 is 0 Å². The first-order valence-electron chi connectivity index (χ1n) is 11.4. The van der Waals surface area contributed by atoms with Gasteiger partial charge in [-0.15, -0.1) is 7.14 Å². The number of nitrogens with zero attached hydrogens (tertiary/aromatic N) is 1. The molecule has 1 heterocycles. The molecule has 5 atom stereocenters. The summed E-state index contributed by atoms with van der Waals surface area (Å²) in [6.07, 6.45) is 0. The third kappa shape index (κ3) is 4.61. The summed E-state index contributed by atoms with van der Waals surface area (Å²) in [7, 11) is -2.64. The number of hydrogen-bond acceptors (Lipinski definition) is 2. The minimum absolute atomic E-state index is 0.0344. The van der Waals surface area contributed by atoms with Gasteiger partial charge >= 0.3 is 0 Å². The SMILES string of the molecule is [BH3-][P+](C)(c1ccccc1)[C@@H]1[C@@H](c2ccccc2)N(c2ccccc2)O[C@H]1[P+]([BH3-])(C)c1ccccc1. The molecule has 1 aliphatic rings. The molecule has 1 aliphatic heterocycles. The summed E-state index contributed by atoms with van der Waals surface area (Å²) in [6, 6.07) is 45.1. The Kier molecular flexibility index (Phi) is 6.91.